The number of furan rings is 1. The van der Waals surface area contributed by atoms with Crippen LogP contribution in [0.4, 0.5) is 17.1 Å². The zero-order valence-corrected chi connectivity index (χ0v) is 29.6. The van der Waals surface area contributed by atoms with E-state index in [1.807, 2.05) is 12.1 Å². The average molecular weight is 690 g/mol. The summed E-state index contributed by atoms with van der Waals surface area (Å²) < 4.78 is 6.26. The molecule has 10 rings (SSSR count). The highest BCUT2D eigenvalue weighted by Gasteiger charge is 2.22. The number of anilines is 3. The van der Waals surface area contributed by atoms with Gasteiger partial charge < -0.3 is 9.32 Å². The highest BCUT2D eigenvalue weighted by molar-refractivity contribution is 6.13. The number of hydrogen-bond donors (Lipinski definition) is 0. The Labute approximate surface area is 314 Å². The van der Waals surface area contributed by atoms with Gasteiger partial charge in [-0.1, -0.05) is 176 Å². The molecule has 10 aromatic rings. The van der Waals surface area contributed by atoms with E-state index in [1.54, 1.807) is 0 Å². The van der Waals surface area contributed by atoms with Crippen molar-refractivity contribution in [2.75, 3.05) is 4.90 Å². The molecule has 1 aromatic heterocycles. The first-order chi connectivity index (χ1) is 26.8. The Kier molecular flexibility index (Phi) is 7.85. The van der Waals surface area contributed by atoms with Crippen molar-refractivity contribution in [3.63, 3.8) is 0 Å². The van der Waals surface area contributed by atoms with Crippen molar-refractivity contribution in [1.29, 1.82) is 0 Å². The Morgan fingerprint density at radius 3 is 1.50 bits per heavy atom. The van der Waals surface area contributed by atoms with Crippen LogP contribution in [0.15, 0.2) is 217 Å². The number of fused-ring (bicyclic) bond motifs is 4. The predicted octanol–water partition coefficient (Wildman–Crippen LogP) is 14.9. The van der Waals surface area contributed by atoms with Gasteiger partial charge in [0.05, 0.1) is 11.4 Å². The maximum atomic E-state index is 6.26. The van der Waals surface area contributed by atoms with E-state index in [9.17, 15) is 0 Å². The number of hydrogen-bond acceptors (Lipinski definition) is 2. The molecule has 0 saturated carbocycles. The lowest BCUT2D eigenvalue weighted by atomic mass is 9.90. The Bertz CT molecular complexity index is 2920. The zero-order chi connectivity index (χ0) is 35.8. The van der Waals surface area contributed by atoms with Gasteiger partial charge in [0.15, 0.2) is 0 Å². The van der Waals surface area contributed by atoms with Gasteiger partial charge in [-0.15, -0.1) is 0 Å². The molecule has 9 aromatic carbocycles. The molecule has 0 aliphatic carbocycles. The van der Waals surface area contributed by atoms with Crippen LogP contribution in [0.25, 0.3) is 77.2 Å². The fourth-order valence-electron chi connectivity index (χ4n) is 8.06. The predicted molar refractivity (Wildman–Crippen MR) is 228 cm³/mol. The van der Waals surface area contributed by atoms with Crippen molar-refractivity contribution in [2.24, 2.45) is 0 Å². The Morgan fingerprint density at radius 1 is 0.296 bits per heavy atom. The largest absolute Gasteiger partial charge is 0.456 e. The minimum absolute atomic E-state index is 0.898. The second-order valence-electron chi connectivity index (χ2n) is 13.6. The Balaban J connectivity index is 1.20. The summed E-state index contributed by atoms with van der Waals surface area (Å²) >= 11 is 0. The van der Waals surface area contributed by atoms with Crippen molar-refractivity contribution >= 4 is 49.8 Å². The summed E-state index contributed by atoms with van der Waals surface area (Å²) in [7, 11) is 0. The summed E-state index contributed by atoms with van der Waals surface area (Å²) in [5, 5.41) is 4.73. The second kappa shape index (κ2) is 13.4. The molecule has 0 bridgehead atoms. The quantitative estimate of drug-likeness (QED) is 0.166. The molecule has 0 aliphatic heterocycles. The third-order valence-electron chi connectivity index (χ3n) is 10.5. The maximum absolute atomic E-state index is 6.26. The second-order valence-corrected chi connectivity index (χ2v) is 13.6. The van der Waals surface area contributed by atoms with Crippen LogP contribution in [0.2, 0.25) is 0 Å². The van der Waals surface area contributed by atoms with Gasteiger partial charge in [0, 0.05) is 27.6 Å². The molecule has 0 saturated heterocycles. The van der Waals surface area contributed by atoms with Crippen LogP contribution in [0.5, 0.6) is 0 Å². The average Bonchev–Trinajstić information content (AvgIpc) is 3.64. The van der Waals surface area contributed by atoms with Crippen LogP contribution in [0.3, 0.4) is 0 Å². The van der Waals surface area contributed by atoms with Crippen LogP contribution in [-0.4, -0.2) is 0 Å². The molecule has 0 aliphatic rings. The highest BCUT2D eigenvalue weighted by Crippen LogP contribution is 2.47. The molecular formula is C52H35NO. The van der Waals surface area contributed by atoms with Gasteiger partial charge >= 0.3 is 0 Å². The first kappa shape index (κ1) is 31.6. The van der Waals surface area contributed by atoms with E-state index < -0.39 is 0 Å². The van der Waals surface area contributed by atoms with Crippen LogP contribution < -0.4 is 4.90 Å². The van der Waals surface area contributed by atoms with Gasteiger partial charge in [-0.05, 0) is 80.6 Å². The molecule has 1 heterocycles. The normalized spacial score (nSPS) is 11.3. The molecular weight excluding hydrogens is 655 g/mol. The van der Waals surface area contributed by atoms with Gasteiger partial charge in [-0.2, -0.15) is 0 Å². The molecule has 54 heavy (non-hydrogen) atoms. The number of para-hydroxylation sites is 3. The molecule has 2 nitrogen and oxygen atoms in total. The summed E-state index contributed by atoms with van der Waals surface area (Å²) in [4.78, 5) is 2.43. The molecule has 2 heteroatoms. The molecule has 0 spiro atoms. The molecule has 0 fully saturated rings. The van der Waals surface area contributed by atoms with Gasteiger partial charge in [0.2, 0.25) is 0 Å². The van der Waals surface area contributed by atoms with Gasteiger partial charge in [-0.3, -0.25) is 0 Å². The molecule has 0 unspecified atom stereocenters. The topological polar surface area (TPSA) is 16.4 Å². The Hall–Kier alpha value is -7.16. The highest BCUT2D eigenvalue weighted by atomic mass is 16.3. The van der Waals surface area contributed by atoms with Crippen LogP contribution in [0.1, 0.15) is 0 Å². The summed E-state index contributed by atoms with van der Waals surface area (Å²) in [6.45, 7) is 0. The SMILES string of the molecule is c1ccc(-c2ccccc2N(c2ccc(-c3cccc4oc5ccccc5c34)cc2)c2ccccc2-c2cccc3cccc(-c4ccccc4)c23)cc1. The van der Waals surface area contributed by atoms with Crippen molar-refractivity contribution in [3.8, 4) is 44.5 Å². The summed E-state index contributed by atoms with van der Waals surface area (Å²) in [6, 6.07) is 75.9. The maximum Gasteiger partial charge on any atom is 0.136 e. The van der Waals surface area contributed by atoms with E-state index in [0.717, 1.165) is 61.3 Å². The first-order valence-corrected chi connectivity index (χ1v) is 18.4. The summed E-state index contributed by atoms with van der Waals surface area (Å²) in [5.74, 6) is 0. The first-order valence-electron chi connectivity index (χ1n) is 18.4. The minimum Gasteiger partial charge on any atom is -0.456 e. The van der Waals surface area contributed by atoms with Gasteiger partial charge in [-0.25, -0.2) is 0 Å². The molecule has 0 atom stereocenters. The fraction of sp³-hybridized carbons (Fsp3) is 0. The number of rotatable bonds is 7. The smallest absolute Gasteiger partial charge is 0.136 e. The molecule has 0 amide bonds. The summed E-state index contributed by atoms with van der Waals surface area (Å²) in [6.07, 6.45) is 0. The monoisotopic (exact) mass is 689 g/mol. The Morgan fingerprint density at radius 2 is 0.778 bits per heavy atom. The van der Waals surface area contributed by atoms with Gasteiger partial charge in [0.25, 0.3) is 0 Å². The van der Waals surface area contributed by atoms with Crippen LogP contribution in [-0.2, 0) is 0 Å². The van der Waals surface area contributed by atoms with E-state index in [1.165, 1.54) is 33.0 Å². The van der Waals surface area contributed by atoms with Crippen LogP contribution in [0, 0.1) is 0 Å². The lowest BCUT2D eigenvalue weighted by Gasteiger charge is -2.30. The minimum atomic E-state index is 0.898. The molecule has 254 valence electrons. The third kappa shape index (κ3) is 5.44. The van der Waals surface area contributed by atoms with E-state index in [-0.39, 0.29) is 0 Å². The molecule has 0 radical (unpaired) electrons. The van der Waals surface area contributed by atoms with Crippen molar-refractivity contribution in [3.05, 3.63) is 212 Å². The van der Waals surface area contributed by atoms with E-state index in [0.29, 0.717) is 0 Å². The standard InChI is InChI=1S/C52H35NO/c1-3-16-36(17-4-1)41-22-7-10-28-47(41)53(40-34-32-38(33-35-40)43-26-15-31-50-52(43)46-24-9-12-30-49(46)54-50)48-29-11-8-23-44(48)45-27-14-21-39-20-13-25-42(51(39)45)37-18-5-2-6-19-37/h1-35H. The third-order valence-corrected chi connectivity index (χ3v) is 10.5. The van der Waals surface area contributed by atoms with E-state index in [2.05, 4.69) is 205 Å². The number of nitrogens with zero attached hydrogens (tertiary/aromatic N) is 1. The number of benzene rings is 9. The van der Waals surface area contributed by atoms with Crippen LogP contribution >= 0.6 is 0 Å². The van der Waals surface area contributed by atoms with Crippen molar-refractivity contribution in [1.82, 2.24) is 0 Å². The van der Waals surface area contributed by atoms with E-state index in [4.69, 9.17) is 4.42 Å². The summed E-state index contributed by atoms with van der Waals surface area (Å²) in [5.41, 5.74) is 14.5. The fourth-order valence-corrected chi connectivity index (χ4v) is 8.06. The molecule has 0 N–H and O–H groups in total. The zero-order valence-electron chi connectivity index (χ0n) is 29.6. The lowest BCUT2D eigenvalue weighted by Crippen LogP contribution is -2.12. The van der Waals surface area contributed by atoms with Crippen molar-refractivity contribution in [2.45, 2.75) is 0 Å². The van der Waals surface area contributed by atoms with E-state index >= 15 is 0 Å². The van der Waals surface area contributed by atoms with Crippen molar-refractivity contribution < 1.29 is 4.42 Å². The lowest BCUT2D eigenvalue weighted by molar-refractivity contribution is 0.669. The van der Waals surface area contributed by atoms with Gasteiger partial charge in [0.1, 0.15) is 11.2 Å².